The van der Waals surface area contributed by atoms with Crippen LogP contribution in [0.25, 0.3) is 0 Å². The van der Waals surface area contributed by atoms with Gasteiger partial charge in [0, 0.05) is 17.7 Å². The molecule has 2 fully saturated rings. The Morgan fingerprint density at radius 3 is 2.79 bits per heavy atom. The Balaban J connectivity index is 1.43. The summed E-state index contributed by atoms with van der Waals surface area (Å²) in [5.74, 6) is 0.977. The number of hydrogen-bond donors (Lipinski definition) is 1. The van der Waals surface area contributed by atoms with Crippen molar-refractivity contribution >= 4 is 23.1 Å². The first-order valence-electron chi connectivity index (χ1n) is 12.1. The van der Waals surface area contributed by atoms with E-state index in [0.29, 0.717) is 26.4 Å². The van der Waals surface area contributed by atoms with Crippen LogP contribution in [0.4, 0.5) is 17.2 Å². The Hall–Kier alpha value is -2.48. The first-order chi connectivity index (χ1) is 16.1. The van der Waals surface area contributed by atoms with Crippen LogP contribution in [-0.4, -0.2) is 42.9 Å². The molecule has 0 radical (unpaired) electrons. The van der Waals surface area contributed by atoms with Gasteiger partial charge in [0.15, 0.2) is 0 Å². The second-order valence-corrected chi connectivity index (χ2v) is 9.43. The third-order valence-corrected chi connectivity index (χ3v) is 6.73. The molecule has 7 nitrogen and oxygen atoms in total. The molecule has 1 aromatic carbocycles. The molecule has 3 heterocycles. The van der Waals surface area contributed by atoms with E-state index in [9.17, 15) is 4.79 Å². The number of pyridine rings is 1. The summed E-state index contributed by atoms with van der Waals surface area (Å²) in [5, 5.41) is 3.45. The topological polar surface area (TPSA) is 72.9 Å². The van der Waals surface area contributed by atoms with Gasteiger partial charge >= 0.3 is 0 Å². The van der Waals surface area contributed by atoms with Crippen LogP contribution >= 0.6 is 0 Å². The fraction of sp³-hybridized carbons (Fsp3) is 0.538. The molecule has 7 heteroatoms. The second-order valence-electron chi connectivity index (χ2n) is 9.43. The number of anilines is 3. The van der Waals surface area contributed by atoms with Crippen LogP contribution in [-0.2, 0) is 25.5 Å². The van der Waals surface area contributed by atoms with Gasteiger partial charge in [0.25, 0.3) is 0 Å². The summed E-state index contributed by atoms with van der Waals surface area (Å²) in [6.45, 7) is 6.38. The molecule has 0 spiro atoms. The highest BCUT2D eigenvalue weighted by Crippen LogP contribution is 2.39. The zero-order valence-corrected chi connectivity index (χ0v) is 19.5. The molecular weight excluding hydrogens is 418 g/mol. The lowest BCUT2D eigenvalue weighted by Crippen LogP contribution is -2.38. The lowest BCUT2D eigenvalue weighted by Gasteiger charge is -2.33. The van der Waals surface area contributed by atoms with Gasteiger partial charge in [0.05, 0.1) is 49.9 Å². The molecule has 2 aliphatic heterocycles. The lowest BCUT2D eigenvalue weighted by atomic mass is 9.86. The van der Waals surface area contributed by atoms with Crippen LogP contribution in [0, 0.1) is 5.92 Å². The Bertz CT molecular complexity index is 981. The van der Waals surface area contributed by atoms with Crippen molar-refractivity contribution in [2.24, 2.45) is 5.92 Å². The van der Waals surface area contributed by atoms with E-state index < -0.39 is 0 Å². The zero-order valence-electron chi connectivity index (χ0n) is 19.5. The summed E-state index contributed by atoms with van der Waals surface area (Å²) in [7, 11) is 0. The number of amides is 1. The average molecular weight is 452 g/mol. The molecule has 5 rings (SSSR count). The fourth-order valence-electron chi connectivity index (χ4n) is 5.07. The molecule has 33 heavy (non-hydrogen) atoms. The molecule has 0 bridgehead atoms. The number of fused-ring (bicyclic) bond motifs is 2. The van der Waals surface area contributed by atoms with Gasteiger partial charge in [-0.2, -0.15) is 0 Å². The number of ether oxygens (including phenoxy) is 3. The van der Waals surface area contributed by atoms with E-state index >= 15 is 0 Å². The van der Waals surface area contributed by atoms with Gasteiger partial charge in [-0.05, 0) is 63.3 Å². The van der Waals surface area contributed by atoms with Crippen LogP contribution in [0.5, 0.6) is 0 Å². The largest absolute Gasteiger partial charge is 0.376 e. The van der Waals surface area contributed by atoms with Gasteiger partial charge in [0.2, 0.25) is 5.91 Å². The molecule has 1 aliphatic carbocycles. The normalized spacial score (nSPS) is 25.1. The molecule has 1 N–H and O–H groups in total. The van der Waals surface area contributed by atoms with Crippen molar-refractivity contribution in [1.29, 1.82) is 0 Å². The Morgan fingerprint density at radius 2 is 2.03 bits per heavy atom. The van der Waals surface area contributed by atoms with E-state index in [0.717, 1.165) is 54.0 Å². The predicted octanol–water partition coefficient (Wildman–Crippen LogP) is 4.74. The van der Waals surface area contributed by atoms with Crippen molar-refractivity contribution in [3.63, 3.8) is 0 Å². The van der Waals surface area contributed by atoms with E-state index in [1.807, 2.05) is 23.1 Å². The number of hydrogen-bond acceptors (Lipinski definition) is 6. The number of rotatable bonds is 4. The average Bonchev–Trinajstić information content (AvgIpc) is 3.00. The van der Waals surface area contributed by atoms with Crippen LogP contribution in [0.3, 0.4) is 0 Å². The number of nitrogens with one attached hydrogen (secondary N) is 1. The third-order valence-electron chi connectivity index (χ3n) is 6.73. The Kier molecular flexibility index (Phi) is 6.62. The molecule has 1 unspecified atom stereocenters. The molecule has 1 atom stereocenters. The second kappa shape index (κ2) is 9.79. The summed E-state index contributed by atoms with van der Waals surface area (Å²) in [6, 6.07) is 10.1. The molecule has 3 aliphatic rings. The summed E-state index contributed by atoms with van der Waals surface area (Å²) in [5.41, 5.74) is 3.81. The summed E-state index contributed by atoms with van der Waals surface area (Å²) < 4.78 is 17.5. The minimum Gasteiger partial charge on any atom is -0.376 e. The highest BCUT2D eigenvalue weighted by molar-refractivity contribution is 5.99. The van der Waals surface area contributed by atoms with Gasteiger partial charge in [-0.3, -0.25) is 4.79 Å². The molecule has 1 saturated heterocycles. The predicted molar refractivity (Wildman–Crippen MR) is 127 cm³/mol. The number of aromatic nitrogens is 1. The van der Waals surface area contributed by atoms with E-state index in [1.54, 1.807) is 6.20 Å². The summed E-state index contributed by atoms with van der Waals surface area (Å²) in [6.07, 6.45) is 5.71. The molecule has 2 aromatic rings. The van der Waals surface area contributed by atoms with Crippen molar-refractivity contribution < 1.29 is 19.0 Å². The minimum atomic E-state index is -0.117. The SMILES string of the molecule is CC(C)O[C@H]1CC[C@H](C(=O)N2Cc3cccnc3Nc3ccc(C4COCCO4)cc32)CC1. The van der Waals surface area contributed by atoms with Crippen molar-refractivity contribution in [1.82, 2.24) is 4.98 Å². The van der Waals surface area contributed by atoms with Crippen molar-refractivity contribution in [3.8, 4) is 0 Å². The maximum atomic E-state index is 13.9. The van der Waals surface area contributed by atoms with Gasteiger partial charge in [-0.25, -0.2) is 4.98 Å². The van der Waals surface area contributed by atoms with Crippen molar-refractivity contribution in [2.45, 2.75) is 64.4 Å². The number of carbonyl (C=O) groups is 1. The summed E-state index contributed by atoms with van der Waals surface area (Å²) >= 11 is 0. The van der Waals surface area contributed by atoms with Gasteiger partial charge in [0.1, 0.15) is 11.9 Å². The number of carbonyl (C=O) groups excluding carboxylic acids is 1. The van der Waals surface area contributed by atoms with Crippen LogP contribution in [0.2, 0.25) is 0 Å². The maximum Gasteiger partial charge on any atom is 0.230 e. The standard InChI is InChI=1S/C26H33N3O4/c1-17(2)33-21-8-5-18(6-9-21)26(30)29-15-20-4-3-11-27-25(20)28-22-10-7-19(14-23(22)29)24-16-31-12-13-32-24/h3-4,7,10-11,14,17-18,21,24H,5-6,8-9,12-13,15-16H2,1-2H3,(H,27,28)/t18-,21-,24?. The van der Waals surface area contributed by atoms with Crippen LogP contribution in [0.15, 0.2) is 36.5 Å². The first kappa shape index (κ1) is 22.3. The van der Waals surface area contributed by atoms with Gasteiger partial charge in [-0.1, -0.05) is 12.1 Å². The number of nitrogens with zero attached hydrogens (tertiary/aromatic N) is 2. The summed E-state index contributed by atoms with van der Waals surface area (Å²) in [4.78, 5) is 20.3. The molecular formula is C26H33N3O4. The smallest absolute Gasteiger partial charge is 0.230 e. The molecule has 1 amide bonds. The maximum absolute atomic E-state index is 13.9. The van der Waals surface area contributed by atoms with E-state index in [-0.39, 0.29) is 30.1 Å². The van der Waals surface area contributed by atoms with Crippen molar-refractivity contribution in [3.05, 3.63) is 47.7 Å². The molecule has 1 aromatic heterocycles. The fourth-order valence-corrected chi connectivity index (χ4v) is 5.07. The Labute approximate surface area is 195 Å². The Morgan fingerprint density at radius 1 is 1.18 bits per heavy atom. The van der Waals surface area contributed by atoms with E-state index in [1.165, 1.54) is 0 Å². The van der Waals surface area contributed by atoms with Crippen LogP contribution in [0.1, 0.15) is 56.8 Å². The van der Waals surface area contributed by atoms with Crippen molar-refractivity contribution in [2.75, 3.05) is 30.0 Å². The third kappa shape index (κ3) is 4.90. The van der Waals surface area contributed by atoms with Gasteiger partial charge in [-0.15, -0.1) is 0 Å². The zero-order chi connectivity index (χ0) is 22.8. The first-order valence-corrected chi connectivity index (χ1v) is 12.1. The monoisotopic (exact) mass is 451 g/mol. The van der Waals surface area contributed by atoms with E-state index in [4.69, 9.17) is 14.2 Å². The van der Waals surface area contributed by atoms with Gasteiger partial charge < -0.3 is 24.4 Å². The number of benzene rings is 1. The van der Waals surface area contributed by atoms with Crippen LogP contribution < -0.4 is 10.2 Å². The molecule has 1 saturated carbocycles. The lowest BCUT2D eigenvalue weighted by molar-refractivity contribution is -0.124. The minimum absolute atomic E-state index is 0.000929. The highest BCUT2D eigenvalue weighted by Gasteiger charge is 2.33. The highest BCUT2D eigenvalue weighted by atomic mass is 16.6. The van der Waals surface area contributed by atoms with E-state index in [2.05, 4.69) is 36.3 Å². The quantitative estimate of drug-likeness (QED) is 0.724. The molecule has 176 valence electrons.